The monoisotopic (exact) mass is 372 g/mol. The van der Waals surface area contributed by atoms with Crippen LogP contribution in [0.2, 0.25) is 0 Å². The SMILES string of the molecule is CC(C)(C)OC(=O)NC1CCN(CCn2c(=O)ccc3cccnc32)CC1. The summed E-state index contributed by atoms with van der Waals surface area (Å²) < 4.78 is 7.05. The predicted molar refractivity (Wildman–Crippen MR) is 105 cm³/mol. The first-order valence-corrected chi connectivity index (χ1v) is 9.48. The van der Waals surface area contributed by atoms with Gasteiger partial charge in [-0.15, -0.1) is 0 Å². The van der Waals surface area contributed by atoms with Gasteiger partial charge in [-0.3, -0.25) is 9.36 Å². The van der Waals surface area contributed by atoms with E-state index in [1.807, 2.05) is 39.0 Å². The number of rotatable bonds is 4. The molecule has 3 rings (SSSR count). The summed E-state index contributed by atoms with van der Waals surface area (Å²) in [7, 11) is 0. The zero-order chi connectivity index (χ0) is 19.4. The highest BCUT2D eigenvalue weighted by molar-refractivity contribution is 5.74. The summed E-state index contributed by atoms with van der Waals surface area (Å²) in [4.78, 5) is 30.8. The van der Waals surface area contributed by atoms with Gasteiger partial charge in [0.25, 0.3) is 5.56 Å². The molecule has 27 heavy (non-hydrogen) atoms. The number of carbonyl (C=O) groups excluding carboxylic acids is 1. The van der Waals surface area contributed by atoms with Crippen LogP contribution in [0, 0.1) is 0 Å². The van der Waals surface area contributed by atoms with E-state index in [4.69, 9.17) is 4.74 Å². The summed E-state index contributed by atoms with van der Waals surface area (Å²) in [5.74, 6) is 0. The van der Waals surface area contributed by atoms with Crippen LogP contribution >= 0.6 is 0 Å². The van der Waals surface area contributed by atoms with Crippen molar-refractivity contribution >= 4 is 17.1 Å². The van der Waals surface area contributed by atoms with E-state index >= 15 is 0 Å². The van der Waals surface area contributed by atoms with Gasteiger partial charge in [0.05, 0.1) is 0 Å². The molecule has 0 radical (unpaired) electrons. The van der Waals surface area contributed by atoms with Gasteiger partial charge in [0.2, 0.25) is 0 Å². The maximum atomic E-state index is 12.2. The number of likely N-dealkylation sites (tertiary alicyclic amines) is 1. The molecule has 0 aromatic carbocycles. The zero-order valence-electron chi connectivity index (χ0n) is 16.3. The van der Waals surface area contributed by atoms with Crippen molar-refractivity contribution in [2.75, 3.05) is 19.6 Å². The number of nitrogens with zero attached hydrogens (tertiary/aromatic N) is 3. The quantitative estimate of drug-likeness (QED) is 0.892. The highest BCUT2D eigenvalue weighted by atomic mass is 16.6. The van der Waals surface area contributed by atoms with E-state index in [9.17, 15) is 9.59 Å². The van der Waals surface area contributed by atoms with Crippen molar-refractivity contribution in [2.45, 2.75) is 51.8 Å². The minimum atomic E-state index is -0.482. The molecule has 1 fully saturated rings. The lowest BCUT2D eigenvalue weighted by Gasteiger charge is -2.32. The van der Waals surface area contributed by atoms with Gasteiger partial charge in [-0.05, 0) is 51.8 Å². The normalized spacial score (nSPS) is 16.4. The number of hydrogen-bond acceptors (Lipinski definition) is 5. The molecule has 146 valence electrons. The Bertz CT molecular complexity index is 848. The first-order valence-electron chi connectivity index (χ1n) is 9.48. The third-order valence-corrected chi connectivity index (χ3v) is 4.69. The van der Waals surface area contributed by atoms with Crippen LogP contribution < -0.4 is 10.9 Å². The molecule has 0 spiro atoms. The third-order valence-electron chi connectivity index (χ3n) is 4.69. The Hall–Kier alpha value is -2.41. The number of piperidine rings is 1. The van der Waals surface area contributed by atoms with Crippen LogP contribution in [-0.2, 0) is 11.3 Å². The number of nitrogens with one attached hydrogen (secondary N) is 1. The zero-order valence-corrected chi connectivity index (χ0v) is 16.3. The molecular weight excluding hydrogens is 344 g/mol. The third kappa shape index (κ3) is 5.29. The van der Waals surface area contributed by atoms with Crippen molar-refractivity contribution < 1.29 is 9.53 Å². The molecular formula is C20H28N4O3. The fraction of sp³-hybridized carbons (Fsp3) is 0.550. The lowest BCUT2D eigenvalue weighted by Crippen LogP contribution is -2.46. The van der Waals surface area contributed by atoms with Gasteiger partial charge in [-0.2, -0.15) is 0 Å². The molecule has 3 heterocycles. The van der Waals surface area contributed by atoms with Crippen LogP contribution in [0.3, 0.4) is 0 Å². The van der Waals surface area contributed by atoms with E-state index < -0.39 is 5.60 Å². The van der Waals surface area contributed by atoms with Crippen LogP contribution in [-0.4, -0.2) is 51.8 Å². The van der Waals surface area contributed by atoms with Crippen molar-refractivity contribution in [1.82, 2.24) is 19.8 Å². The minimum absolute atomic E-state index is 0.0253. The van der Waals surface area contributed by atoms with Crippen molar-refractivity contribution in [3.8, 4) is 0 Å². The van der Waals surface area contributed by atoms with Crippen LogP contribution in [0.15, 0.2) is 35.3 Å². The van der Waals surface area contributed by atoms with Gasteiger partial charge in [0.1, 0.15) is 11.2 Å². The van der Waals surface area contributed by atoms with Crippen LogP contribution in [0.1, 0.15) is 33.6 Å². The Morgan fingerprint density at radius 3 is 2.67 bits per heavy atom. The average Bonchev–Trinajstić information content (AvgIpc) is 2.60. The topological polar surface area (TPSA) is 76.5 Å². The second-order valence-electron chi connectivity index (χ2n) is 8.00. The Labute approximate surface area is 159 Å². The lowest BCUT2D eigenvalue weighted by molar-refractivity contribution is 0.0478. The van der Waals surface area contributed by atoms with Crippen molar-refractivity contribution in [1.29, 1.82) is 0 Å². The fourth-order valence-corrected chi connectivity index (χ4v) is 3.35. The first kappa shape index (κ1) is 19.4. The van der Waals surface area contributed by atoms with E-state index in [2.05, 4.69) is 15.2 Å². The molecule has 1 amide bonds. The number of ether oxygens (including phenoxy) is 1. The molecule has 1 saturated heterocycles. The number of fused-ring (bicyclic) bond motifs is 1. The summed E-state index contributed by atoms with van der Waals surface area (Å²) >= 11 is 0. The van der Waals surface area contributed by atoms with Gasteiger partial charge in [0, 0.05) is 49.9 Å². The summed E-state index contributed by atoms with van der Waals surface area (Å²) in [5.41, 5.74) is 0.221. The molecule has 0 saturated carbocycles. The Kier molecular flexibility index (Phi) is 5.79. The smallest absolute Gasteiger partial charge is 0.407 e. The van der Waals surface area contributed by atoms with Gasteiger partial charge in [-0.1, -0.05) is 0 Å². The molecule has 2 aromatic heterocycles. The highest BCUT2D eigenvalue weighted by Gasteiger charge is 2.23. The van der Waals surface area contributed by atoms with Gasteiger partial charge in [-0.25, -0.2) is 9.78 Å². The average molecular weight is 372 g/mol. The lowest BCUT2D eigenvalue weighted by atomic mass is 10.1. The maximum absolute atomic E-state index is 12.2. The van der Waals surface area contributed by atoms with Gasteiger partial charge < -0.3 is 15.0 Å². The minimum Gasteiger partial charge on any atom is -0.444 e. The number of amides is 1. The molecule has 7 nitrogen and oxygen atoms in total. The Balaban J connectivity index is 1.51. The number of aromatic nitrogens is 2. The molecule has 0 aliphatic carbocycles. The van der Waals surface area contributed by atoms with E-state index in [-0.39, 0.29) is 17.7 Å². The summed E-state index contributed by atoms with van der Waals surface area (Å²) in [6, 6.07) is 7.39. The predicted octanol–water partition coefficient (Wildman–Crippen LogP) is 2.39. The largest absolute Gasteiger partial charge is 0.444 e. The molecule has 1 aliphatic rings. The van der Waals surface area contributed by atoms with Crippen molar-refractivity contribution in [2.24, 2.45) is 0 Å². The van der Waals surface area contributed by atoms with Crippen LogP contribution in [0.5, 0.6) is 0 Å². The van der Waals surface area contributed by atoms with Crippen LogP contribution in [0.4, 0.5) is 4.79 Å². The standard InChI is InChI=1S/C20H28N4O3/c1-20(2,3)27-19(26)22-16-8-11-23(12-9-16)13-14-24-17(25)7-6-15-5-4-10-21-18(15)24/h4-7,10,16H,8-9,11-14H2,1-3H3,(H,22,26). The van der Waals surface area contributed by atoms with Crippen molar-refractivity contribution in [3.05, 3.63) is 40.8 Å². The number of carbonyl (C=O) groups is 1. The highest BCUT2D eigenvalue weighted by Crippen LogP contribution is 2.13. The van der Waals surface area contributed by atoms with Gasteiger partial charge in [0.15, 0.2) is 0 Å². The van der Waals surface area contributed by atoms with E-state index in [1.165, 1.54) is 0 Å². The number of hydrogen-bond donors (Lipinski definition) is 1. The fourth-order valence-electron chi connectivity index (χ4n) is 3.35. The van der Waals surface area contributed by atoms with E-state index in [0.717, 1.165) is 43.5 Å². The first-order chi connectivity index (χ1) is 12.8. The Morgan fingerprint density at radius 2 is 1.96 bits per heavy atom. The molecule has 0 bridgehead atoms. The summed E-state index contributed by atoms with van der Waals surface area (Å²) in [5, 5.41) is 3.92. The Morgan fingerprint density at radius 1 is 1.22 bits per heavy atom. The molecule has 7 heteroatoms. The van der Waals surface area contributed by atoms with Crippen LogP contribution in [0.25, 0.3) is 11.0 Å². The van der Waals surface area contributed by atoms with Crippen molar-refractivity contribution in [3.63, 3.8) is 0 Å². The number of pyridine rings is 2. The van der Waals surface area contributed by atoms with E-state index in [0.29, 0.717) is 6.54 Å². The summed E-state index contributed by atoms with van der Waals surface area (Å²) in [6.45, 7) is 8.74. The van der Waals surface area contributed by atoms with Gasteiger partial charge >= 0.3 is 6.09 Å². The maximum Gasteiger partial charge on any atom is 0.407 e. The molecule has 0 unspecified atom stereocenters. The molecule has 1 aliphatic heterocycles. The molecule has 0 atom stereocenters. The molecule has 2 aromatic rings. The molecule has 1 N–H and O–H groups in total. The van der Waals surface area contributed by atoms with E-state index in [1.54, 1.807) is 16.8 Å². The number of alkyl carbamates (subject to hydrolysis) is 1. The summed E-state index contributed by atoms with van der Waals surface area (Å²) in [6.07, 6.45) is 3.12. The second kappa shape index (κ2) is 8.08. The second-order valence-corrected chi connectivity index (χ2v) is 8.00.